The molecule has 0 aliphatic rings. The zero-order valence-electron chi connectivity index (χ0n) is 15.2. The molecule has 0 amide bonds. The van der Waals surface area contributed by atoms with Gasteiger partial charge in [-0.3, -0.25) is 0 Å². The Labute approximate surface area is 179 Å². The molecule has 5 aromatic rings. The van der Waals surface area contributed by atoms with Gasteiger partial charge in [-0.05, 0) is 29.0 Å². The first-order valence-electron chi connectivity index (χ1n) is 8.80. The molecule has 0 atom stereocenters. The molecular weight excluding hydrogens is 408 g/mol. The fourth-order valence-electron chi connectivity index (χ4n) is 3.92. The lowest BCUT2D eigenvalue weighted by Gasteiger charge is -2.07. The van der Waals surface area contributed by atoms with Crippen molar-refractivity contribution in [2.45, 2.75) is 0 Å². The van der Waals surface area contributed by atoms with E-state index in [2.05, 4.69) is 21.8 Å². The minimum Gasteiger partial charge on any atom is -0.192 e. The van der Waals surface area contributed by atoms with Gasteiger partial charge >= 0.3 is 5.82 Å². The third-order valence-corrected chi connectivity index (χ3v) is 7.23. The number of rotatable bonds is 2. The summed E-state index contributed by atoms with van der Waals surface area (Å²) >= 11 is 3.13. The monoisotopic (exact) mass is 416 g/mol. The highest BCUT2D eigenvalue weighted by Crippen LogP contribution is 2.49. The highest BCUT2D eigenvalue weighted by Gasteiger charge is 2.21. The van der Waals surface area contributed by atoms with Crippen LogP contribution in [0.3, 0.4) is 0 Å². The Bertz CT molecular complexity index is 1570. The number of fused-ring (bicyclic) bond motifs is 2. The fraction of sp³-hybridized carbons (Fsp3) is 0. The summed E-state index contributed by atoms with van der Waals surface area (Å²) in [5.41, 5.74) is 0.0741. The Balaban J connectivity index is 2.05. The van der Waals surface area contributed by atoms with E-state index in [1.54, 1.807) is 34.8 Å². The number of nitriles is 2. The summed E-state index contributed by atoms with van der Waals surface area (Å²) in [5, 5.41) is 24.9. The fourth-order valence-corrected chi connectivity index (χ4v) is 6.28. The van der Waals surface area contributed by atoms with Crippen LogP contribution in [-0.2, 0) is 0 Å². The van der Waals surface area contributed by atoms with E-state index >= 15 is 0 Å². The van der Waals surface area contributed by atoms with Crippen molar-refractivity contribution in [3.05, 3.63) is 80.4 Å². The molecule has 0 N–H and O–H groups in total. The number of benzene rings is 3. The van der Waals surface area contributed by atoms with Gasteiger partial charge in [-0.1, -0.05) is 24.3 Å². The van der Waals surface area contributed by atoms with Gasteiger partial charge in [0, 0.05) is 46.8 Å². The molecule has 3 aromatic carbocycles. The van der Waals surface area contributed by atoms with Crippen LogP contribution in [-0.4, -0.2) is 0 Å². The van der Waals surface area contributed by atoms with Crippen molar-refractivity contribution in [1.82, 2.24) is 0 Å². The van der Waals surface area contributed by atoms with Crippen molar-refractivity contribution in [2.75, 3.05) is 0 Å². The van der Waals surface area contributed by atoms with E-state index in [0.717, 1.165) is 51.5 Å². The summed E-state index contributed by atoms with van der Waals surface area (Å²) < 4.78 is 2.15. The molecule has 0 bridgehead atoms. The number of thiophene rings is 2. The molecule has 30 heavy (non-hydrogen) atoms. The molecule has 2 aromatic heterocycles. The van der Waals surface area contributed by atoms with Gasteiger partial charge in [-0.15, -0.1) is 22.7 Å². The molecule has 0 spiro atoms. The standard InChI is InChI=1S/C24H8N4S2/c1-27-20(28-2)10-19-24-15-6-4-7-16-21(15)23(18(29-16)9-13(11-25)12-26)14-5-3-8-17(30-19)22(14)24/h3-10H. The predicted octanol–water partition coefficient (Wildman–Crippen LogP) is 7.43. The lowest BCUT2D eigenvalue weighted by atomic mass is 9.94. The summed E-state index contributed by atoms with van der Waals surface area (Å²) in [5.74, 6) is 0.0407. The quantitative estimate of drug-likeness (QED) is 0.171. The van der Waals surface area contributed by atoms with Crippen molar-refractivity contribution in [2.24, 2.45) is 0 Å². The van der Waals surface area contributed by atoms with Gasteiger partial charge in [-0.25, -0.2) is 0 Å². The number of allylic oxidation sites excluding steroid dienone is 1. The van der Waals surface area contributed by atoms with Crippen molar-refractivity contribution in [1.29, 1.82) is 10.5 Å². The van der Waals surface area contributed by atoms with E-state index in [1.165, 1.54) is 0 Å². The van der Waals surface area contributed by atoms with Crippen molar-refractivity contribution >= 4 is 76.5 Å². The lowest BCUT2D eigenvalue weighted by Crippen LogP contribution is -1.82. The maximum absolute atomic E-state index is 9.25. The van der Waals surface area contributed by atoms with E-state index in [9.17, 15) is 10.5 Å². The number of nitrogens with zero attached hydrogens (tertiary/aromatic N) is 4. The second kappa shape index (κ2) is 6.70. The third-order valence-electron chi connectivity index (χ3n) is 5.03. The topological polar surface area (TPSA) is 56.3 Å². The normalized spacial score (nSPS) is 10.5. The van der Waals surface area contributed by atoms with E-state index in [0.29, 0.717) is 0 Å². The first-order valence-corrected chi connectivity index (χ1v) is 10.4. The van der Waals surface area contributed by atoms with Crippen molar-refractivity contribution in [3.63, 3.8) is 0 Å². The molecule has 5 rings (SSSR count). The van der Waals surface area contributed by atoms with Crippen LogP contribution in [0.5, 0.6) is 0 Å². The molecule has 0 unspecified atom stereocenters. The van der Waals surface area contributed by atoms with Crippen LogP contribution in [0.4, 0.5) is 0 Å². The summed E-state index contributed by atoms with van der Waals surface area (Å²) in [4.78, 5) is 8.45. The molecule has 0 radical (unpaired) electrons. The van der Waals surface area contributed by atoms with Crippen LogP contribution < -0.4 is 0 Å². The number of hydrogen-bond donors (Lipinski definition) is 0. The summed E-state index contributed by atoms with van der Waals surface area (Å²) in [6.45, 7) is 14.5. The van der Waals surface area contributed by atoms with Gasteiger partial charge in [0.15, 0.2) is 0 Å². The Morgan fingerprint density at radius 2 is 1.27 bits per heavy atom. The van der Waals surface area contributed by atoms with Gasteiger partial charge < -0.3 is 0 Å². The Morgan fingerprint density at radius 1 is 0.767 bits per heavy atom. The second-order valence-electron chi connectivity index (χ2n) is 6.55. The smallest absolute Gasteiger partial charge is 0.192 e. The molecule has 0 fully saturated rings. The maximum Gasteiger partial charge on any atom is 0.520 e. The largest absolute Gasteiger partial charge is 0.520 e. The third kappa shape index (κ3) is 2.40. The average Bonchev–Trinajstić information content (AvgIpc) is 3.33. The van der Waals surface area contributed by atoms with Crippen molar-refractivity contribution in [3.8, 4) is 12.1 Å². The molecule has 0 aliphatic heterocycles. The van der Waals surface area contributed by atoms with Crippen LogP contribution in [0.15, 0.2) is 47.8 Å². The van der Waals surface area contributed by atoms with E-state index < -0.39 is 0 Å². The van der Waals surface area contributed by atoms with Gasteiger partial charge in [0.1, 0.15) is 30.9 Å². The molecule has 0 aliphatic carbocycles. The van der Waals surface area contributed by atoms with Gasteiger partial charge in [0.05, 0.1) is 0 Å². The van der Waals surface area contributed by atoms with Crippen LogP contribution >= 0.6 is 22.7 Å². The second-order valence-corrected chi connectivity index (χ2v) is 8.72. The van der Waals surface area contributed by atoms with E-state index in [4.69, 9.17) is 13.1 Å². The number of hydrogen-bond acceptors (Lipinski definition) is 4. The average molecular weight is 416 g/mol. The Morgan fingerprint density at radius 3 is 1.73 bits per heavy atom. The summed E-state index contributed by atoms with van der Waals surface area (Å²) in [6, 6.07) is 16.1. The zero-order valence-corrected chi connectivity index (χ0v) is 16.9. The van der Waals surface area contributed by atoms with Crippen LogP contribution in [0.25, 0.3) is 63.6 Å². The molecule has 0 saturated heterocycles. The molecule has 6 heteroatoms. The maximum atomic E-state index is 9.25. The predicted molar refractivity (Wildman–Crippen MR) is 124 cm³/mol. The van der Waals surface area contributed by atoms with Crippen LogP contribution in [0.1, 0.15) is 9.75 Å². The minimum absolute atomic E-state index is 0.0407. The van der Waals surface area contributed by atoms with Crippen LogP contribution in [0, 0.1) is 35.8 Å². The van der Waals surface area contributed by atoms with Gasteiger partial charge in [0.25, 0.3) is 0 Å². The first-order chi connectivity index (χ1) is 14.7. The molecule has 136 valence electrons. The molecule has 4 nitrogen and oxygen atoms in total. The summed E-state index contributed by atoms with van der Waals surface area (Å²) in [7, 11) is 0. The highest BCUT2D eigenvalue weighted by molar-refractivity contribution is 7.22. The Hall–Kier alpha value is -4.20. The molecular formula is C24H8N4S2. The van der Waals surface area contributed by atoms with Gasteiger partial charge in [-0.2, -0.15) is 20.2 Å². The zero-order chi connectivity index (χ0) is 20.8. The van der Waals surface area contributed by atoms with Crippen LogP contribution in [0.2, 0.25) is 0 Å². The van der Waals surface area contributed by atoms with Gasteiger partial charge in [0.2, 0.25) is 0 Å². The minimum atomic E-state index is 0.0407. The molecule has 2 heterocycles. The van der Waals surface area contributed by atoms with Crippen molar-refractivity contribution < 1.29 is 0 Å². The summed E-state index contributed by atoms with van der Waals surface area (Å²) in [6.07, 6.45) is 3.33. The van der Waals surface area contributed by atoms with E-state index in [-0.39, 0.29) is 11.4 Å². The molecule has 0 saturated carbocycles. The lowest BCUT2D eigenvalue weighted by molar-refractivity contribution is 1.47. The van der Waals surface area contributed by atoms with E-state index in [1.807, 2.05) is 36.4 Å². The Kier molecular flexibility index (Phi) is 3.99. The highest BCUT2D eigenvalue weighted by atomic mass is 32.1. The SMILES string of the molecule is [C-]#[N+]C(=Cc1sc2cccc3c4c(C=C(C#N)C#N)sc5cccc(c1c23)c54)[N+]#[C-]. The first kappa shape index (κ1) is 17.9.